The zero-order valence-electron chi connectivity index (χ0n) is 4.99. The molecule has 0 aromatic carbocycles. The molecule has 0 bridgehead atoms. The molecule has 0 aliphatic carbocycles. The molecule has 0 rings (SSSR count). The number of halogens is 1. The van der Waals surface area contributed by atoms with Crippen LogP contribution in [0, 0.1) is 0 Å². The highest BCUT2D eigenvalue weighted by atomic mass is 35.5. The van der Waals surface area contributed by atoms with Crippen molar-refractivity contribution in [3.63, 3.8) is 0 Å². The lowest BCUT2D eigenvalue weighted by Gasteiger charge is -1.89. The van der Waals surface area contributed by atoms with Gasteiger partial charge in [0.1, 0.15) is 0 Å². The van der Waals surface area contributed by atoms with Crippen LogP contribution in [0.25, 0.3) is 0 Å². The van der Waals surface area contributed by atoms with Crippen LogP contribution in [0.2, 0.25) is 6.04 Å². The van der Waals surface area contributed by atoms with E-state index >= 15 is 0 Å². The second kappa shape index (κ2) is 7.25. The summed E-state index contributed by atoms with van der Waals surface area (Å²) >= 11 is 5.47. The van der Waals surface area contributed by atoms with Gasteiger partial charge in [0.15, 0.2) is 0 Å². The summed E-state index contributed by atoms with van der Waals surface area (Å²) in [6.07, 6.45) is 4.36. The van der Waals surface area contributed by atoms with E-state index in [0.717, 1.165) is 21.4 Å². The lowest BCUT2D eigenvalue weighted by Crippen LogP contribution is -1.89. The van der Waals surface area contributed by atoms with E-state index in [9.17, 15) is 0 Å². The quantitative estimate of drug-likeness (QED) is 0.242. The van der Waals surface area contributed by atoms with E-state index in [1.165, 1.54) is 12.5 Å². The van der Waals surface area contributed by atoms with Crippen LogP contribution in [0.15, 0.2) is 12.7 Å². The van der Waals surface area contributed by atoms with Gasteiger partial charge >= 0.3 is 0 Å². The molecule has 0 aliphatic rings. The third-order valence-corrected chi connectivity index (χ3v) is 2.32. The van der Waals surface area contributed by atoms with Crippen molar-refractivity contribution >= 4 is 21.1 Å². The summed E-state index contributed by atoms with van der Waals surface area (Å²) < 4.78 is 0. The Kier molecular flexibility index (Phi) is 7.47. The first-order valence-electron chi connectivity index (χ1n) is 2.79. The van der Waals surface area contributed by atoms with Gasteiger partial charge in [0, 0.05) is 5.50 Å². The molecule has 0 nitrogen and oxygen atoms in total. The first-order valence-corrected chi connectivity index (χ1v) is 4.74. The highest BCUT2D eigenvalue weighted by Crippen LogP contribution is 1.95. The van der Waals surface area contributed by atoms with Crippen LogP contribution in [0.3, 0.4) is 0 Å². The minimum absolute atomic E-state index is 0.830. The predicted octanol–water partition coefficient (Wildman–Crippen LogP) is 2.27. The first-order chi connectivity index (χ1) is 3.91. The molecule has 0 heterocycles. The van der Waals surface area contributed by atoms with E-state index in [0.29, 0.717) is 0 Å². The average molecular weight is 147 g/mol. The van der Waals surface area contributed by atoms with Crippen molar-refractivity contribution in [3.05, 3.63) is 12.7 Å². The standard InChI is InChI=1S/C6H11ClSi/c1-2-3-4-5-8-6-7/h2H,1,3-6H2. The lowest BCUT2D eigenvalue weighted by molar-refractivity contribution is 0.952. The molecule has 2 radical (unpaired) electrons. The topological polar surface area (TPSA) is 0 Å². The molecular formula is C6H11ClSi. The van der Waals surface area contributed by atoms with Crippen LogP contribution in [0.5, 0.6) is 0 Å². The average Bonchev–Trinajstić information content (AvgIpc) is 1.81. The second-order valence-corrected chi connectivity index (χ2v) is 3.63. The molecule has 0 unspecified atom stereocenters. The van der Waals surface area contributed by atoms with E-state index in [-0.39, 0.29) is 0 Å². The van der Waals surface area contributed by atoms with E-state index in [4.69, 9.17) is 11.6 Å². The molecular weight excluding hydrogens is 136 g/mol. The van der Waals surface area contributed by atoms with Crippen LogP contribution < -0.4 is 0 Å². The van der Waals surface area contributed by atoms with Crippen LogP contribution in [-0.2, 0) is 0 Å². The van der Waals surface area contributed by atoms with Gasteiger partial charge in [0.05, 0.1) is 9.52 Å². The minimum atomic E-state index is 0.830. The van der Waals surface area contributed by atoms with Crippen molar-refractivity contribution in [1.29, 1.82) is 0 Å². The van der Waals surface area contributed by atoms with Crippen LogP contribution >= 0.6 is 11.6 Å². The van der Waals surface area contributed by atoms with Gasteiger partial charge in [0.25, 0.3) is 0 Å². The van der Waals surface area contributed by atoms with Crippen molar-refractivity contribution in [2.75, 3.05) is 5.50 Å². The maximum Gasteiger partial charge on any atom is 0.0575 e. The summed E-state index contributed by atoms with van der Waals surface area (Å²) in [6.45, 7) is 3.63. The Morgan fingerprint density at radius 1 is 1.62 bits per heavy atom. The van der Waals surface area contributed by atoms with Gasteiger partial charge in [-0.15, -0.1) is 18.2 Å². The maximum atomic E-state index is 5.47. The molecule has 0 N–H and O–H groups in total. The zero-order chi connectivity index (χ0) is 6.24. The molecule has 0 saturated heterocycles. The van der Waals surface area contributed by atoms with E-state index in [1.807, 2.05) is 6.08 Å². The number of hydrogen-bond donors (Lipinski definition) is 0. The third-order valence-electron chi connectivity index (χ3n) is 0.856. The number of unbranched alkanes of at least 4 members (excludes halogenated alkanes) is 1. The molecule has 46 valence electrons. The largest absolute Gasteiger partial charge is 0.131 e. The Bertz CT molecular complexity index is 54.5. The number of allylic oxidation sites excluding steroid dienone is 1. The first kappa shape index (κ1) is 8.25. The highest BCUT2D eigenvalue weighted by molar-refractivity contribution is 6.50. The summed E-state index contributed by atoms with van der Waals surface area (Å²) in [6, 6.07) is 1.27. The summed E-state index contributed by atoms with van der Waals surface area (Å²) in [7, 11) is 0.942. The van der Waals surface area contributed by atoms with Crippen molar-refractivity contribution < 1.29 is 0 Å². The predicted molar refractivity (Wildman–Crippen MR) is 40.7 cm³/mol. The second-order valence-electron chi connectivity index (χ2n) is 1.56. The van der Waals surface area contributed by atoms with E-state index in [2.05, 4.69) is 6.58 Å². The fourth-order valence-electron chi connectivity index (χ4n) is 0.438. The van der Waals surface area contributed by atoms with E-state index in [1.54, 1.807) is 0 Å². The normalized spacial score (nSPS) is 9.12. The maximum absolute atomic E-state index is 5.47. The number of hydrogen-bond acceptors (Lipinski definition) is 0. The van der Waals surface area contributed by atoms with Gasteiger partial charge in [-0.25, -0.2) is 0 Å². The Labute approximate surface area is 58.8 Å². The SMILES string of the molecule is C=CCCC[Si]CCl. The van der Waals surface area contributed by atoms with Crippen LogP contribution in [0.4, 0.5) is 0 Å². The van der Waals surface area contributed by atoms with Crippen LogP contribution in [-0.4, -0.2) is 15.0 Å². The van der Waals surface area contributed by atoms with Gasteiger partial charge < -0.3 is 0 Å². The Hall–Kier alpha value is 0.247. The minimum Gasteiger partial charge on any atom is -0.131 e. The van der Waals surface area contributed by atoms with Crippen molar-refractivity contribution in [1.82, 2.24) is 0 Å². The molecule has 2 heteroatoms. The molecule has 0 aromatic rings. The van der Waals surface area contributed by atoms with Gasteiger partial charge in [-0.05, 0) is 6.42 Å². The fourth-order valence-corrected chi connectivity index (χ4v) is 1.43. The molecule has 0 amide bonds. The van der Waals surface area contributed by atoms with Crippen LogP contribution in [0.1, 0.15) is 12.8 Å². The Morgan fingerprint density at radius 3 is 2.88 bits per heavy atom. The lowest BCUT2D eigenvalue weighted by atomic mass is 10.3. The number of rotatable bonds is 5. The van der Waals surface area contributed by atoms with Gasteiger partial charge in [0.2, 0.25) is 0 Å². The Morgan fingerprint density at radius 2 is 2.38 bits per heavy atom. The molecule has 0 atom stereocenters. The summed E-state index contributed by atoms with van der Waals surface area (Å²) in [5.41, 5.74) is 0.830. The smallest absolute Gasteiger partial charge is 0.0575 e. The summed E-state index contributed by atoms with van der Waals surface area (Å²) in [5.74, 6) is 0. The highest BCUT2D eigenvalue weighted by Gasteiger charge is 1.84. The molecule has 0 aliphatic heterocycles. The van der Waals surface area contributed by atoms with Crippen molar-refractivity contribution in [2.24, 2.45) is 0 Å². The van der Waals surface area contributed by atoms with Gasteiger partial charge in [-0.3, -0.25) is 0 Å². The summed E-state index contributed by atoms with van der Waals surface area (Å²) in [5, 5.41) is 0. The molecule has 0 spiro atoms. The molecule has 0 fully saturated rings. The fraction of sp³-hybridized carbons (Fsp3) is 0.667. The zero-order valence-corrected chi connectivity index (χ0v) is 6.75. The third kappa shape index (κ3) is 6.25. The molecule has 0 aromatic heterocycles. The Balaban J connectivity index is 2.62. The molecule has 8 heavy (non-hydrogen) atoms. The van der Waals surface area contributed by atoms with Gasteiger partial charge in [-0.1, -0.05) is 18.5 Å². The monoisotopic (exact) mass is 146 g/mol. The van der Waals surface area contributed by atoms with Gasteiger partial charge in [-0.2, -0.15) is 0 Å². The van der Waals surface area contributed by atoms with E-state index < -0.39 is 0 Å². The van der Waals surface area contributed by atoms with Crippen molar-refractivity contribution in [3.8, 4) is 0 Å². The summed E-state index contributed by atoms with van der Waals surface area (Å²) in [4.78, 5) is 0. The molecule has 0 saturated carbocycles. The number of alkyl halides is 1. The van der Waals surface area contributed by atoms with Crippen molar-refractivity contribution in [2.45, 2.75) is 18.9 Å².